The first-order chi connectivity index (χ1) is 16.3. The van der Waals surface area contributed by atoms with Crippen molar-refractivity contribution in [1.29, 1.82) is 0 Å². The Bertz CT molecular complexity index is 1630. The van der Waals surface area contributed by atoms with Gasteiger partial charge >= 0.3 is 6.09 Å². The molecule has 2 aromatic carbocycles. The molecule has 168 valence electrons. The van der Waals surface area contributed by atoms with E-state index >= 15 is 0 Å². The Morgan fingerprint density at radius 1 is 1.03 bits per heavy atom. The molecule has 5 aromatic rings. The summed E-state index contributed by atoms with van der Waals surface area (Å²) in [6.07, 6.45) is 1.72. The van der Waals surface area contributed by atoms with E-state index in [0.717, 1.165) is 0 Å². The van der Waals surface area contributed by atoms with Crippen LogP contribution in [0.4, 0.5) is 15.0 Å². The molecule has 0 radical (unpaired) electrons. The number of halogens is 1. The molecule has 0 spiro atoms. The number of hydrogen-bond acceptors (Lipinski definition) is 5. The van der Waals surface area contributed by atoms with E-state index in [4.69, 9.17) is 10.8 Å². The van der Waals surface area contributed by atoms with Crippen molar-refractivity contribution >= 4 is 39.8 Å². The first kappa shape index (κ1) is 21.0. The van der Waals surface area contributed by atoms with E-state index in [1.807, 2.05) is 10.6 Å². The molecule has 0 fully saturated rings. The number of anilines is 1. The van der Waals surface area contributed by atoms with Crippen molar-refractivity contribution < 1.29 is 19.1 Å². The van der Waals surface area contributed by atoms with Crippen LogP contribution >= 0.6 is 0 Å². The predicted molar refractivity (Wildman–Crippen MR) is 124 cm³/mol. The minimum Gasteiger partial charge on any atom is -0.465 e. The molecule has 0 atom stereocenters. The van der Waals surface area contributed by atoms with Gasteiger partial charge in [0, 0.05) is 17.8 Å². The van der Waals surface area contributed by atoms with Crippen LogP contribution in [-0.4, -0.2) is 36.6 Å². The van der Waals surface area contributed by atoms with E-state index in [0.29, 0.717) is 39.1 Å². The normalized spacial score (nSPS) is 11.1. The lowest BCUT2D eigenvalue weighted by atomic mass is 10.0. The van der Waals surface area contributed by atoms with Gasteiger partial charge in [0.15, 0.2) is 0 Å². The zero-order valence-electron chi connectivity index (χ0n) is 17.8. The van der Waals surface area contributed by atoms with Crippen molar-refractivity contribution in [3.05, 3.63) is 78.1 Å². The summed E-state index contributed by atoms with van der Waals surface area (Å²) in [6, 6.07) is 13.1. The Labute approximate surface area is 191 Å². The van der Waals surface area contributed by atoms with Gasteiger partial charge in [-0.2, -0.15) is 0 Å². The number of rotatable bonds is 4. The number of imidazole rings is 1. The molecule has 2 amide bonds. The summed E-state index contributed by atoms with van der Waals surface area (Å²) < 4.78 is 16.2. The first-order valence-electron chi connectivity index (χ1n) is 10.2. The SMILES string of the molecule is Cc1nc2c(C(N)=O)cc(-c3ccnc(NC(=O)O)c3)cc2n1-c1ccnc2c(F)cccc12. The molecule has 4 N–H and O–H groups in total. The molecule has 0 bridgehead atoms. The van der Waals surface area contributed by atoms with E-state index in [9.17, 15) is 14.0 Å². The second-order valence-corrected chi connectivity index (χ2v) is 7.58. The molecular weight excluding hydrogens is 439 g/mol. The molecule has 0 aliphatic heterocycles. The Balaban J connectivity index is 1.81. The van der Waals surface area contributed by atoms with Gasteiger partial charge in [0.05, 0.1) is 16.8 Å². The fraction of sp³-hybridized carbons (Fsp3) is 0.0417. The molecule has 10 heteroatoms. The van der Waals surface area contributed by atoms with E-state index in [1.54, 1.807) is 43.3 Å². The molecule has 0 aliphatic carbocycles. The number of pyridine rings is 2. The maximum absolute atomic E-state index is 14.4. The number of fused-ring (bicyclic) bond motifs is 2. The Hall–Kier alpha value is -4.86. The summed E-state index contributed by atoms with van der Waals surface area (Å²) in [6.45, 7) is 1.78. The molecule has 5 rings (SSSR count). The van der Waals surface area contributed by atoms with E-state index in [-0.39, 0.29) is 16.9 Å². The van der Waals surface area contributed by atoms with Gasteiger partial charge < -0.3 is 10.8 Å². The maximum Gasteiger partial charge on any atom is 0.410 e. The lowest BCUT2D eigenvalue weighted by Crippen LogP contribution is -2.12. The van der Waals surface area contributed by atoms with Crippen molar-refractivity contribution in [3.63, 3.8) is 0 Å². The van der Waals surface area contributed by atoms with Gasteiger partial charge in [-0.1, -0.05) is 12.1 Å². The Morgan fingerprint density at radius 2 is 1.82 bits per heavy atom. The van der Waals surface area contributed by atoms with Crippen LogP contribution in [0.2, 0.25) is 0 Å². The molecule has 9 nitrogen and oxygen atoms in total. The van der Waals surface area contributed by atoms with E-state index in [1.165, 1.54) is 18.5 Å². The van der Waals surface area contributed by atoms with Gasteiger partial charge in [0.1, 0.15) is 28.5 Å². The van der Waals surface area contributed by atoms with Crippen LogP contribution in [-0.2, 0) is 0 Å². The number of carboxylic acid groups (broad SMARTS) is 1. The van der Waals surface area contributed by atoms with Gasteiger partial charge in [-0.15, -0.1) is 0 Å². The summed E-state index contributed by atoms with van der Waals surface area (Å²) in [4.78, 5) is 36.1. The number of amides is 2. The summed E-state index contributed by atoms with van der Waals surface area (Å²) in [5.74, 6) is -0.421. The summed E-state index contributed by atoms with van der Waals surface area (Å²) >= 11 is 0. The standard InChI is InChI=1S/C24H17FN6O3/c1-12-29-22-16(23(26)32)9-14(13-5-7-27-20(11-13)30-24(33)34)10-19(22)31(12)18-6-8-28-21-15(18)3-2-4-17(21)25/h2-11H,1H3,(H2,26,32)(H,27,30)(H,33,34). The number of carbonyl (C=O) groups is 2. The third kappa shape index (κ3) is 3.47. The lowest BCUT2D eigenvalue weighted by molar-refractivity contribution is 0.100. The zero-order valence-corrected chi connectivity index (χ0v) is 17.8. The number of benzene rings is 2. The van der Waals surface area contributed by atoms with Crippen LogP contribution in [0.25, 0.3) is 38.8 Å². The van der Waals surface area contributed by atoms with Crippen molar-refractivity contribution in [2.24, 2.45) is 5.73 Å². The molecule has 0 saturated heterocycles. The Kier molecular flexibility index (Phi) is 4.90. The van der Waals surface area contributed by atoms with Crippen LogP contribution in [0.15, 0.2) is 60.9 Å². The number of hydrogen-bond donors (Lipinski definition) is 3. The number of nitrogens with two attached hydrogens (primary N) is 1. The number of aryl methyl sites for hydroxylation is 1. The van der Waals surface area contributed by atoms with Gasteiger partial charge in [-0.3, -0.25) is 19.7 Å². The zero-order chi connectivity index (χ0) is 24.0. The van der Waals surface area contributed by atoms with Gasteiger partial charge in [-0.05, 0) is 54.4 Å². The average molecular weight is 456 g/mol. The quantitative estimate of drug-likeness (QED) is 0.369. The molecule has 3 heterocycles. The molecule has 0 aliphatic rings. The number of carbonyl (C=O) groups excluding carboxylic acids is 1. The van der Waals surface area contributed by atoms with Gasteiger partial charge in [-0.25, -0.2) is 19.2 Å². The smallest absolute Gasteiger partial charge is 0.410 e. The van der Waals surface area contributed by atoms with Crippen molar-refractivity contribution in [2.75, 3.05) is 5.32 Å². The summed E-state index contributed by atoms with van der Waals surface area (Å²) in [5, 5.41) is 11.8. The molecule has 0 saturated carbocycles. The van der Waals surface area contributed by atoms with Crippen LogP contribution in [0.3, 0.4) is 0 Å². The summed E-state index contributed by atoms with van der Waals surface area (Å²) in [7, 11) is 0. The van der Waals surface area contributed by atoms with Gasteiger partial charge in [0.25, 0.3) is 5.91 Å². The third-order valence-electron chi connectivity index (χ3n) is 5.46. The monoisotopic (exact) mass is 456 g/mol. The molecular formula is C24H17FN6O3. The van der Waals surface area contributed by atoms with Gasteiger partial charge in [0.2, 0.25) is 0 Å². The minimum atomic E-state index is -1.25. The second-order valence-electron chi connectivity index (χ2n) is 7.58. The number of para-hydroxylation sites is 1. The fourth-order valence-electron chi connectivity index (χ4n) is 4.06. The number of nitrogens with one attached hydrogen (secondary N) is 1. The van der Waals surface area contributed by atoms with E-state index in [2.05, 4.69) is 20.3 Å². The van der Waals surface area contributed by atoms with Crippen LogP contribution in [0.5, 0.6) is 0 Å². The van der Waals surface area contributed by atoms with Crippen molar-refractivity contribution in [2.45, 2.75) is 6.92 Å². The first-order valence-corrected chi connectivity index (χ1v) is 10.2. The highest BCUT2D eigenvalue weighted by atomic mass is 19.1. The van der Waals surface area contributed by atoms with Crippen LogP contribution < -0.4 is 11.1 Å². The van der Waals surface area contributed by atoms with Crippen LogP contribution in [0.1, 0.15) is 16.2 Å². The lowest BCUT2D eigenvalue weighted by Gasteiger charge is -2.12. The van der Waals surface area contributed by atoms with E-state index < -0.39 is 17.8 Å². The third-order valence-corrected chi connectivity index (χ3v) is 5.46. The molecule has 3 aromatic heterocycles. The van der Waals surface area contributed by atoms with Crippen LogP contribution in [0, 0.1) is 12.7 Å². The highest BCUT2D eigenvalue weighted by molar-refractivity contribution is 6.07. The highest BCUT2D eigenvalue weighted by Crippen LogP contribution is 2.33. The van der Waals surface area contributed by atoms with Crippen molar-refractivity contribution in [1.82, 2.24) is 19.5 Å². The number of nitrogens with zero attached hydrogens (tertiary/aromatic N) is 4. The van der Waals surface area contributed by atoms with Crippen molar-refractivity contribution in [3.8, 4) is 16.8 Å². The molecule has 34 heavy (non-hydrogen) atoms. The average Bonchev–Trinajstić information content (AvgIpc) is 3.13. The maximum atomic E-state index is 14.4. The summed E-state index contributed by atoms with van der Waals surface area (Å²) in [5.41, 5.74) is 8.91. The minimum absolute atomic E-state index is 0.131. The molecule has 0 unspecified atom stereocenters. The second kappa shape index (κ2) is 7.93. The largest absolute Gasteiger partial charge is 0.465 e. The topological polar surface area (TPSA) is 136 Å². The number of primary amides is 1. The fourth-order valence-corrected chi connectivity index (χ4v) is 4.06. The predicted octanol–water partition coefficient (Wildman–Crippen LogP) is 4.27. The Morgan fingerprint density at radius 3 is 2.59 bits per heavy atom. The highest BCUT2D eigenvalue weighted by Gasteiger charge is 2.20. The number of aromatic nitrogens is 4.